The highest BCUT2D eigenvalue weighted by atomic mass is 16.2. The van der Waals surface area contributed by atoms with Crippen molar-refractivity contribution in [3.05, 3.63) is 59.4 Å². The Morgan fingerprint density at radius 2 is 2.18 bits per heavy atom. The molecule has 1 aliphatic rings. The number of anilines is 1. The van der Waals surface area contributed by atoms with Gasteiger partial charge in [0.1, 0.15) is 0 Å². The number of nitrogens with one attached hydrogen (secondary N) is 2. The van der Waals surface area contributed by atoms with Gasteiger partial charge in [-0.2, -0.15) is 0 Å². The number of hydrogen-bond acceptors (Lipinski definition) is 3. The van der Waals surface area contributed by atoms with E-state index in [0.29, 0.717) is 18.4 Å². The average molecular weight is 295 g/mol. The standard InChI is InChI=1S/C17H17N3O2/c1-11(14-3-2-8-18-10-14)19-17(22)13-4-6-15-12(9-13)5-7-16(21)20-15/h2-4,6,8-11H,5,7H2,1H3,(H,19,22)(H,20,21). The van der Waals surface area contributed by atoms with Gasteiger partial charge >= 0.3 is 0 Å². The van der Waals surface area contributed by atoms with Crippen LogP contribution in [0.3, 0.4) is 0 Å². The molecule has 1 aliphatic heterocycles. The molecule has 0 bridgehead atoms. The van der Waals surface area contributed by atoms with Crippen molar-refractivity contribution in [2.45, 2.75) is 25.8 Å². The summed E-state index contributed by atoms with van der Waals surface area (Å²) in [4.78, 5) is 27.8. The fourth-order valence-electron chi connectivity index (χ4n) is 2.52. The first-order valence-corrected chi connectivity index (χ1v) is 7.27. The number of carbonyl (C=O) groups is 2. The van der Waals surface area contributed by atoms with Gasteiger partial charge in [0.25, 0.3) is 5.91 Å². The maximum atomic E-state index is 12.4. The lowest BCUT2D eigenvalue weighted by Crippen LogP contribution is -2.27. The molecular weight excluding hydrogens is 278 g/mol. The molecule has 0 spiro atoms. The van der Waals surface area contributed by atoms with Crippen molar-refractivity contribution >= 4 is 17.5 Å². The number of benzene rings is 1. The number of amides is 2. The van der Waals surface area contributed by atoms with Crippen molar-refractivity contribution in [1.82, 2.24) is 10.3 Å². The maximum Gasteiger partial charge on any atom is 0.251 e. The lowest BCUT2D eigenvalue weighted by molar-refractivity contribution is -0.116. The lowest BCUT2D eigenvalue weighted by atomic mass is 10.00. The lowest BCUT2D eigenvalue weighted by Gasteiger charge is -2.18. The zero-order valence-electron chi connectivity index (χ0n) is 12.3. The second-order valence-electron chi connectivity index (χ2n) is 5.40. The summed E-state index contributed by atoms with van der Waals surface area (Å²) < 4.78 is 0. The summed E-state index contributed by atoms with van der Waals surface area (Å²) in [6.07, 6.45) is 4.58. The molecular formula is C17H17N3O2. The van der Waals surface area contributed by atoms with E-state index in [1.54, 1.807) is 24.5 Å². The van der Waals surface area contributed by atoms with Gasteiger partial charge in [-0.05, 0) is 48.7 Å². The van der Waals surface area contributed by atoms with Crippen LogP contribution in [0.4, 0.5) is 5.69 Å². The van der Waals surface area contributed by atoms with Crippen LogP contribution >= 0.6 is 0 Å². The fourth-order valence-corrected chi connectivity index (χ4v) is 2.52. The van der Waals surface area contributed by atoms with E-state index in [0.717, 1.165) is 16.8 Å². The predicted octanol–water partition coefficient (Wildman–Crippen LogP) is 2.46. The van der Waals surface area contributed by atoms with Crippen LogP contribution in [0.25, 0.3) is 0 Å². The molecule has 5 nitrogen and oxygen atoms in total. The SMILES string of the molecule is CC(NC(=O)c1ccc2c(c1)CCC(=O)N2)c1cccnc1. The summed E-state index contributed by atoms with van der Waals surface area (Å²) in [6.45, 7) is 1.92. The van der Waals surface area contributed by atoms with Gasteiger partial charge in [0.2, 0.25) is 5.91 Å². The fraction of sp³-hybridized carbons (Fsp3) is 0.235. The first kappa shape index (κ1) is 14.3. The van der Waals surface area contributed by atoms with E-state index >= 15 is 0 Å². The number of aryl methyl sites for hydroxylation is 1. The minimum atomic E-state index is -0.129. The molecule has 0 saturated heterocycles. The maximum absolute atomic E-state index is 12.4. The first-order chi connectivity index (χ1) is 10.6. The van der Waals surface area contributed by atoms with E-state index in [2.05, 4.69) is 15.6 Å². The second kappa shape index (κ2) is 5.97. The molecule has 2 N–H and O–H groups in total. The van der Waals surface area contributed by atoms with Crippen molar-refractivity contribution in [2.24, 2.45) is 0 Å². The van der Waals surface area contributed by atoms with Gasteiger partial charge in [0.05, 0.1) is 6.04 Å². The molecule has 1 aromatic carbocycles. The van der Waals surface area contributed by atoms with Crippen molar-refractivity contribution in [1.29, 1.82) is 0 Å². The molecule has 112 valence electrons. The molecule has 0 radical (unpaired) electrons. The van der Waals surface area contributed by atoms with E-state index in [1.807, 2.05) is 25.1 Å². The van der Waals surface area contributed by atoms with E-state index in [9.17, 15) is 9.59 Å². The molecule has 0 fully saturated rings. The molecule has 1 unspecified atom stereocenters. The normalized spacial score (nSPS) is 14.7. The molecule has 2 amide bonds. The minimum Gasteiger partial charge on any atom is -0.345 e. The molecule has 0 saturated carbocycles. The van der Waals surface area contributed by atoms with Gasteiger partial charge in [-0.25, -0.2) is 0 Å². The Kier molecular flexibility index (Phi) is 3.87. The van der Waals surface area contributed by atoms with Crippen LogP contribution in [-0.2, 0) is 11.2 Å². The van der Waals surface area contributed by atoms with E-state index < -0.39 is 0 Å². The predicted molar refractivity (Wildman–Crippen MR) is 83.5 cm³/mol. The molecule has 0 aliphatic carbocycles. The minimum absolute atomic E-state index is 0.0231. The number of fused-ring (bicyclic) bond motifs is 1. The zero-order chi connectivity index (χ0) is 15.5. The van der Waals surface area contributed by atoms with Gasteiger partial charge in [0, 0.05) is 30.1 Å². The third-order valence-electron chi connectivity index (χ3n) is 3.79. The summed E-state index contributed by atoms with van der Waals surface area (Å²) in [5.41, 5.74) is 3.36. The van der Waals surface area contributed by atoms with E-state index in [1.165, 1.54) is 0 Å². The Hall–Kier alpha value is -2.69. The van der Waals surface area contributed by atoms with Crippen LogP contribution in [0, 0.1) is 0 Å². The number of rotatable bonds is 3. The molecule has 5 heteroatoms. The molecule has 3 rings (SSSR count). The summed E-state index contributed by atoms with van der Waals surface area (Å²) >= 11 is 0. The molecule has 2 heterocycles. The Morgan fingerprint density at radius 1 is 1.32 bits per heavy atom. The molecule has 1 aromatic heterocycles. The highest BCUT2D eigenvalue weighted by molar-refractivity contribution is 5.98. The summed E-state index contributed by atoms with van der Waals surface area (Å²) in [5, 5.41) is 5.78. The number of carbonyl (C=O) groups excluding carboxylic acids is 2. The molecule has 1 atom stereocenters. The van der Waals surface area contributed by atoms with Crippen molar-refractivity contribution in [3.63, 3.8) is 0 Å². The number of nitrogens with zero attached hydrogens (tertiary/aromatic N) is 1. The van der Waals surface area contributed by atoms with Crippen LogP contribution < -0.4 is 10.6 Å². The molecule has 2 aromatic rings. The summed E-state index contributed by atoms with van der Waals surface area (Å²) in [7, 11) is 0. The van der Waals surface area contributed by atoms with Gasteiger partial charge in [-0.3, -0.25) is 14.6 Å². The Labute approximate surface area is 128 Å². The van der Waals surface area contributed by atoms with Crippen molar-refractivity contribution in [2.75, 3.05) is 5.32 Å². The Balaban J connectivity index is 1.74. The Bertz CT molecular complexity index is 713. The second-order valence-corrected chi connectivity index (χ2v) is 5.40. The van der Waals surface area contributed by atoms with Crippen LogP contribution in [0.1, 0.15) is 40.9 Å². The topological polar surface area (TPSA) is 71.1 Å². The quantitative estimate of drug-likeness (QED) is 0.913. The highest BCUT2D eigenvalue weighted by Gasteiger charge is 2.17. The van der Waals surface area contributed by atoms with E-state index in [-0.39, 0.29) is 17.9 Å². The smallest absolute Gasteiger partial charge is 0.251 e. The van der Waals surface area contributed by atoms with Crippen LogP contribution in [0.2, 0.25) is 0 Å². The van der Waals surface area contributed by atoms with Gasteiger partial charge in [-0.1, -0.05) is 6.07 Å². The highest BCUT2D eigenvalue weighted by Crippen LogP contribution is 2.24. The average Bonchev–Trinajstić information content (AvgIpc) is 2.55. The van der Waals surface area contributed by atoms with Crippen molar-refractivity contribution < 1.29 is 9.59 Å². The van der Waals surface area contributed by atoms with Crippen molar-refractivity contribution in [3.8, 4) is 0 Å². The monoisotopic (exact) mass is 295 g/mol. The van der Waals surface area contributed by atoms with Crippen LogP contribution in [-0.4, -0.2) is 16.8 Å². The largest absolute Gasteiger partial charge is 0.345 e. The van der Waals surface area contributed by atoms with Crippen LogP contribution in [0.15, 0.2) is 42.7 Å². The zero-order valence-corrected chi connectivity index (χ0v) is 12.3. The summed E-state index contributed by atoms with van der Waals surface area (Å²) in [5.74, 6) is -0.106. The molecule has 22 heavy (non-hydrogen) atoms. The number of aromatic nitrogens is 1. The number of hydrogen-bond donors (Lipinski definition) is 2. The third kappa shape index (κ3) is 2.98. The summed E-state index contributed by atoms with van der Waals surface area (Å²) in [6, 6.07) is 9.03. The van der Waals surface area contributed by atoms with Gasteiger partial charge in [-0.15, -0.1) is 0 Å². The Morgan fingerprint density at radius 3 is 2.95 bits per heavy atom. The number of pyridine rings is 1. The van der Waals surface area contributed by atoms with Gasteiger partial charge in [0.15, 0.2) is 0 Å². The third-order valence-corrected chi connectivity index (χ3v) is 3.79. The van der Waals surface area contributed by atoms with E-state index in [4.69, 9.17) is 0 Å². The van der Waals surface area contributed by atoms with Gasteiger partial charge < -0.3 is 10.6 Å². The van der Waals surface area contributed by atoms with Crippen LogP contribution in [0.5, 0.6) is 0 Å². The first-order valence-electron chi connectivity index (χ1n) is 7.27.